The Balaban J connectivity index is 2.35. The lowest BCUT2D eigenvalue weighted by atomic mass is 10.1. The molecule has 1 saturated heterocycles. The van der Waals surface area contributed by atoms with E-state index >= 15 is 0 Å². The SMILES string of the molecule is Cc1ccc(C)c(N2CC(S(=O)(=O)F)CC2=O)c1. The van der Waals surface area contributed by atoms with Gasteiger partial charge in [-0.3, -0.25) is 4.79 Å². The minimum Gasteiger partial charge on any atom is -0.311 e. The topological polar surface area (TPSA) is 54.5 Å². The second-order valence-corrected chi connectivity index (χ2v) is 6.21. The zero-order valence-electron chi connectivity index (χ0n) is 10.2. The Morgan fingerprint density at radius 1 is 1.33 bits per heavy atom. The average Bonchev–Trinajstić information content (AvgIpc) is 2.64. The van der Waals surface area contributed by atoms with Crippen molar-refractivity contribution in [3.63, 3.8) is 0 Å². The smallest absolute Gasteiger partial charge is 0.307 e. The number of hydrogen-bond donors (Lipinski definition) is 0. The maximum Gasteiger partial charge on any atom is 0.307 e. The van der Waals surface area contributed by atoms with Gasteiger partial charge in [0.2, 0.25) is 5.91 Å². The van der Waals surface area contributed by atoms with Gasteiger partial charge < -0.3 is 4.90 Å². The number of carbonyl (C=O) groups is 1. The fourth-order valence-electron chi connectivity index (χ4n) is 2.11. The summed E-state index contributed by atoms with van der Waals surface area (Å²) in [5.74, 6) is -0.352. The number of halogens is 1. The minimum atomic E-state index is -4.66. The van der Waals surface area contributed by atoms with Crippen LogP contribution in [0.4, 0.5) is 9.57 Å². The van der Waals surface area contributed by atoms with Crippen LogP contribution < -0.4 is 4.90 Å². The van der Waals surface area contributed by atoms with Gasteiger partial charge in [-0.1, -0.05) is 12.1 Å². The highest BCUT2D eigenvalue weighted by Gasteiger charge is 2.39. The van der Waals surface area contributed by atoms with Gasteiger partial charge in [0.25, 0.3) is 0 Å². The molecular weight excluding hydrogens is 257 g/mol. The van der Waals surface area contributed by atoms with Crippen LogP contribution in [-0.2, 0) is 15.0 Å². The molecule has 0 radical (unpaired) electrons. The Morgan fingerprint density at radius 2 is 2.00 bits per heavy atom. The zero-order valence-corrected chi connectivity index (χ0v) is 11.0. The Bertz CT molecular complexity index is 597. The number of nitrogens with zero attached hydrogens (tertiary/aromatic N) is 1. The maximum absolute atomic E-state index is 12.9. The molecule has 1 aliphatic rings. The van der Waals surface area contributed by atoms with Crippen molar-refractivity contribution in [2.24, 2.45) is 0 Å². The summed E-state index contributed by atoms with van der Waals surface area (Å²) < 4.78 is 34.7. The third kappa shape index (κ3) is 2.38. The van der Waals surface area contributed by atoms with E-state index in [1.807, 2.05) is 26.0 Å². The van der Waals surface area contributed by atoms with Crippen molar-refractivity contribution in [2.45, 2.75) is 25.5 Å². The first-order valence-electron chi connectivity index (χ1n) is 5.60. The molecule has 0 aromatic heterocycles. The predicted molar refractivity (Wildman–Crippen MR) is 66.7 cm³/mol. The quantitative estimate of drug-likeness (QED) is 0.769. The highest BCUT2D eigenvalue weighted by molar-refractivity contribution is 7.87. The third-order valence-corrected chi connectivity index (χ3v) is 4.26. The largest absolute Gasteiger partial charge is 0.311 e. The summed E-state index contributed by atoms with van der Waals surface area (Å²) in [4.78, 5) is 13.1. The van der Waals surface area contributed by atoms with Gasteiger partial charge in [-0.15, -0.1) is 3.89 Å². The number of benzene rings is 1. The van der Waals surface area contributed by atoms with E-state index in [0.29, 0.717) is 5.69 Å². The molecule has 1 atom stereocenters. The van der Waals surface area contributed by atoms with Crippen molar-refractivity contribution in [2.75, 3.05) is 11.4 Å². The average molecular weight is 271 g/mol. The van der Waals surface area contributed by atoms with Gasteiger partial charge in [-0.2, -0.15) is 8.42 Å². The lowest BCUT2D eigenvalue weighted by Crippen LogP contribution is -2.27. The fourth-order valence-corrected chi connectivity index (χ4v) is 2.78. The summed E-state index contributed by atoms with van der Waals surface area (Å²) in [7, 11) is -4.66. The monoisotopic (exact) mass is 271 g/mol. The molecule has 18 heavy (non-hydrogen) atoms. The lowest BCUT2D eigenvalue weighted by Gasteiger charge is -2.19. The Morgan fingerprint density at radius 3 is 2.56 bits per heavy atom. The van der Waals surface area contributed by atoms with E-state index < -0.39 is 15.5 Å². The highest BCUT2D eigenvalue weighted by atomic mass is 32.3. The fraction of sp³-hybridized carbons (Fsp3) is 0.417. The molecule has 1 amide bonds. The molecule has 0 bridgehead atoms. The Labute approximate surface area is 106 Å². The molecule has 4 nitrogen and oxygen atoms in total. The standard InChI is InChI=1S/C12H14FNO3S/c1-8-3-4-9(2)11(5-8)14-7-10(6-12(14)15)18(13,16)17/h3-5,10H,6-7H2,1-2H3. The predicted octanol–water partition coefficient (Wildman–Crippen LogP) is 1.71. The van der Waals surface area contributed by atoms with Gasteiger partial charge in [-0.25, -0.2) is 0 Å². The van der Waals surface area contributed by atoms with Crippen LogP contribution in [0.2, 0.25) is 0 Å². The molecule has 6 heteroatoms. The van der Waals surface area contributed by atoms with Crippen LogP contribution in [0.1, 0.15) is 17.5 Å². The summed E-state index contributed by atoms with van der Waals surface area (Å²) in [5, 5.41) is -1.25. The summed E-state index contributed by atoms with van der Waals surface area (Å²) in [6, 6.07) is 5.57. The number of amides is 1. The van der Waals surface area contributed by atoms with E-state index in [2.05, 4.69) is 0 Å². The summed E-state index contributed by atoms with van der Waals surface area (Å²) >= 11 is 0. The van der Waals surface area contributed by atoms with Gasteiger partial charge in [0.1, 0.15) is 5.25 Å². The van der Waals surface area contributed by atoms with Crippen LogP contribution in [0.5, 0.6) is 0 Å². The van der Waals surface area contributed by atoms with E-state index in [9.17, 15) is 17.1 Å². The van der Waals surface area contributed by atoms with E-state index in [1.54, 1.807) is 6.07 Å². The van der Waals surface area contributed by atoms with Crippen LogP contribution in [0, 0.1) is 13.8 Å². The molecule has 0 spiro atoms. The maximum atomic E-state index is 12.9. The zero-order chi connectivity index (χ0) is 13.5. The second kappa shape index (κ2) is 4.35. The molecule has 1 fully saturated rings. The van der Waals surface area contributed by atoms with Crippen molar-refractivity contribution in [3.05, 3.63) is 29.3 Å². The molecule has 1 heterocycles. The third-order valence-electron chi connectivity index (χ3n) is 3.14. The Hall–Kier alpha value is -1.43. The molecule has 2 rings (SSSR count). The normalized spacial score (nSPS) is 20.5. The van der Waals surface area contributed by atoms with Gasteiger partial charge in [0.15, 0.2) is 0 Å². The van der Waals surface area contributed by atoms with Crippen LogP contribution in [0.3, 0.4) is 0 Å². The van der Waals surface area contributed by atoms with Crippen molar-refractivity contribution in [1.29, 1.82) is 0 Å². The first-order valence-corrected chi connectivity index (χ1v) is 7.05. The molecule has 1 aromatic carbocycles. The lowest BCUT2D eigenvalue weighted by molar-refractivity contribution is -0.117. The van der Waals surface area contributed by atoms with Crippen LogP contribution in [0.15, 0.2) is 18.2 Å². The molecule has 0 aliphatic carbocycles. The minimum absolute atomic E-state index is 0.109. The molecule has 1 aliphatic heterocycles. The summed E-state index contributed by atoms with van der Waals surface area (Å²) in [5.41, 5.74) is 2.49. The van der Waals surface area contributed by atoms with Crippen molar-refractivity contribution >= 4 is 21.8 Å². The molecule has 0 N–H and O–H groups in total. The second-order valence-electron chi connectivity index (χ2n) is 4.60. The van der Waals surface area contributed by atoms with Crippen molar-refractivity contribution < 1.29 is 17.1 Å². The molecule has 1 unspecified atom stereocenters. The van der Waals surface area contributed by atoms with Crippen molar-refractivity contribution in [1.82, 2.24) is 0 Å². The van der Waals surface area contributed by atoms with E-state index in [4.69, 9.17) is 0 Å². The summed E-state index contributed by atoms with van der Waals surface area (Å²) in [6.07, 6.45) is -0.286. The van der Waals surface area contributed by atoms with Gasteiger partial charge in [0.05, 0.1) is 0 Å². The van der Waals surface area contributed by atoms with E-state index in [1.165, 1.54) is 4.90 Å². The number of anilines is 1. The number of rotatable bonds is 2. The number of aryl methyl sites for hydroxylation is 2. The molecule has 1 aromatic rings. The number of carbonyl (C=O) groups excluding carboxylic acids is 1. The number of hydrogen-bond acceptors (Lipinski definition) is 3. The van der Waals surface area contributed by atoms with Crippen LogP contribution >= 0.6 is 0 Å². The van der Waals surface area contributed by atoms with Crippen LogP contribution in [-0.4, -0.2) is 26.1 Å². The van der Waals surface area contributed by atoms with Gasteiger partial charge >= 0.3 is 10.2 Å². The molecule has 0 saturated carbocycles. The molecular formula is C12H14FNO3S. The van der Waals surface area contributed by atoms with Crippen LogP contribution in [0.25, 0.3) is 0 Å². The first kappa shape index (κ1) is 13.0. The van der Waals surface area contributed by atoms with E-state index in [0.717, 1.165) is 11.1 Å². The van der Waals surface area contributed by atoms with Gasteiger partial charge in [0, 0.05) is 18.7 Å². The molecule has 98 valence electrons. The van der Waals surface area contributed by atoms with E-state index in [-0.39, 0.29) is 18.9 Å². The van der Waals surface area contributed by atoms with Crippen molar-refractivity contribution in [3.8, 4) is 0 Å². The highest BCUT2D eigenvalue weighted by Crippen LogP contribution is 2.29. The van der Waals surface area contributed by atoms with Gasteiger partial charge in [-0.05, 0) is 31.0 Å². The summed E-state index contributed by atoms with van der Waals surface area (Å²) in [6.45, 7) is 3.61. The first-order chi connectivity index (χ1) is 8.29. The Kier molecular flexibility index (Phi) is 3.14.